The highest BCUT2D eigenvalue weighted by atomic mass is 35.5. The lowest BCUT2D eigenvalue weighted by Gasteiger charge is -2.38. The van der Waals surface area contributed by atoms with Crippen molar-refractivity contribution < 1.29 is 4.74 Å². The van der Waals surface area contributed by atoms with Gasteiger partial charge in [0.1, 0.15) is 0 Å². The highest BCUT2D eigenvalue weighted by Gasteiger charge is 2.34. The van der Waals surface area contributed by atoms with Gasteiger partial charge >= 0.3 is 0 Å². The maximum absolute atomic E-state index is 8.88. The molecule has 0 radical (unpaired) electrons. The van der Waals surface area contributed by atoms with E-state index in [0.29, 0.717) is 5.56 Å². The van der Waals surface area contributed by atoms with E-state index in [1.165, 1.54) is 5.56 Å². The Morgan fingerprint density at radius 3 is 2.30 bits per heavy atom. The topological polar surface area (TPSA) is 45.0 Å². The van der Waals surface area contributed by atoms with Crippen molar-refractivity contribution in [3.05, 3.63) is 64.7 Å². The molecule has 23 heavy (non-hydrogen) atoms. The zero-order valence-electron chi connectivity index (χ0n) is 12.9. The summed E-state index contributed by atoms with van der Waals surface area (Å²) in [6.45, 7) is 2.39. The number of ether oxygens (including phenoxy) is 1. The first kappa shape index (κ1) is 15.9. The van der Waals surface area contributed by atoms with Gasteiger partial charge in [-0.05, 0) is 54.8 Å². The van der Waals surface area contributed by atoms with Gasteiger partial charge in [-0.25, -0.2) is 0 Å². The molecule has 1 aliphatic rings. The predicted octanol–water partition coefficient (Wildman–Crippen LogP) is 4.37. The van der Waals surface area contributed by atoms with Crippen LogP contribution in [0.25, 0.3) is 0 Å². The SMILES string of the molecule is N#Cc1ccc(NCC2(c3ccc(Cl)cc3)CCOCC2)cc1. The molecule has 2 aromatic carbocycles. The van der Waals surface area contributed by atoms with Gasteiger partial charge in [0.25, 0.3) is 0 Å². The highest BCUT2D eigenvalue weighted by Crippen LogP contribution is 2.35. The number of nitriles is 1. The molecular formula is C19H19ClN2O. The summed E-state index contributed by atoms with van der Waals surface area (Å²) in [6.07, 6.45) is 1.97. The molecule has 118 valence electrons. The van der Waals surface area contributed by atoms with E-state index in [0.717, 1.165) is 43.3 Å². The monoisotopic (exact) mass is 326 g/mol. The molecule has 0 aliphatic carbocycles. The molecule has 0 aromatic heterocycles. The summed E-state index contributed by atoms with van der Waals surface area (Å²) < 4.78 is 5.56. The fourth-order valence-electron chi connectivity index (χ4n) is 3.07. The molecule has 0 spiro atoms. The number of halogens is 1. The Kier molecular flexibility index (Phi) is 4.85. The Bertz CT molecular complexity index is 683. The number of anilines is 1. The van der Waals surface area contributed by atoms with Crippen LogP contribution in [0.5, 0.6) is 0 Å². The zero-order valence-corrected chi connectivity index (χ0v) is 13.6. The molecule has 0 bridgehead atoms. The van der Waals surface area contributed by atoms with E-state index in [1.54, 1.807) is 0 Å². The van der Waals surface area contributed by atoms with Crippen molar-refractivity contribution in [1.82, 2.24) is 0 Å². The van der Waals surface area contributed by atoms with E-state index in [2.05, 4.69) is 23.5 Å². The van der Waals surface area contributed by atoms with E-state index < -0.39 is 0 Å². The van der Waals surface area contributed by atoms with Crippen LogP contribution in [0.15, 0.2) is 48.5 Å². The molecule has 4 heteroatoms. The van der Waals surface area contributed by atoms with Gasteiger partial charge in [0.2, 0.25) is 0 Å². The number of benzene rings is 2. The quantitative estimate of drug-likeness (QED) is 0.907. The first-order chi connectivity index (χ1) is 11.2. The molecule has 3 rings (SSSR count). The van der Waals surface area contributed by atoms with Crippen LogP contribution in [0.2, 0.25) is 5.02 Å². The third-order valence-corrected chi connectivity index (χ3v) is 4.80. The van der Waals surface area contributed by atoms with Crippen molar-refractivity contribution in [3.63, 3.8) is 0 Å². The van der Waals surface area contributed by atoms with Crippen LogP contribution < -0.4 is 5.32 Å². The van der Waals surface area contributed by atoms with Gasteiger partial charge in [-0.15, -0.1) is 0 Å². The average Bonchev–Trinajstić information content (AvgIpc) is 2.62. The third-order valence-electron chi connectivity index (χ3n) is 4.55. The Balaban J connectivity index is 1.78. The van der Waals surface area contributed by atoms with E-state index in [9.17, 15) is 0 Å². The summed E-state index contributed by atoms with van der Waals surface area (Å²) in [7, 11) is 0. The predicted molar refractivity (Wildman–Crippen MR) is 92.8 cm³/mol. The minimum atomic E-state index is 0.0523. The summed E-state index contributed by atoms with van der Waals surface area (Å²) in [6, 6.07) is 17.9. The molecule has 2 aromatic rings. The van der Waals surface area contributed by atoms with E-state index in [1.807, 2.05) is 36.4 Å². The minimum Gasteiger partial charge on any atom is -0.384 e. The van der Waals surface area contributed by atoms with E-state index >= 15 is 0 Å². The molecule has 1 saturated heterocycles. The molecule has 0 unspecified atom stereocenters. The van der Waals surface area contributed by atoms with E-state index in [-0.39, 0.29) is 5.41 Å². The van der Waals surface area contributed by atoms with Crippen LogP contribution in [0.1, 0.15) is 24.0 Å². The lowest BCUT2D eigenvalue weighted by atomic mass is 9.74. The van der Waals surface area contributed by atoms with Crippen molar-refractivity contribution >= 4 is 17.3 Å². The van der Waals surface area contributed by atoms with Crippen molar-refractivity contribution in [3.8, 4) is 6.07 Å². The summed E-state index contributed by atoms with van der Waals surface area (Å²) in [5, 5.41) is 13.2. The lowest BCUT2D eigenvalue weighted by Crippen LogP contribution is -2.40. The number of nitrogens with one attached hydrogen (secondary N) is 1. The Morgan fingerprint density at radius 2 is 1.70 bits per heavy atom. The summed E-state index contributed by atoms with van der Waals surface area (Å²) in [4.78, 5) is 0. The largest absolute Gasteiger partial charge is 0.384 e. The van der Waals surface area contributed by atoms with Crippen LogP contribution in [0, 0.1) is 11.3 Å². The van der Waals surface area contributed by atoms with Crippen LogP contribution >= 0.6 is 11.6 Å². The van der Waals surface area contributed by atoms with Gasteiger partial charge in [-0.2, -0.15) is 5.26 Å². The van der Waals surface area contributed by atoms with Gasteiger partial charge in [0.05, 0.1) is 11.6 Å². The highest BCUT2D eigenvalue weighted by molar-refractivity contribution is 6.30. The summed E-state index contributed by atoms with van der Waals surface area (Å²) >= 11 is 6.03. The number of rotatable bonds is 4. The molecule has 0 saturated carbocycles. The number of hydrogen-bond acceptors (Lipinski definition) is 3. The molecule has 1 heterocycles. The maximum Gasteiger partial charge on any atom is 0.0991 e. The second-order valence-electron chi connectivity index (χ2n) is 5.94. The minimum absolute atomic E-state index is 0.0523. The van der Waals surface area contributed by atoms with Crippen molar-refractivity contribution in [2.75, 3.05) is 25.1 Å². The van der Waals surface area contributed by atoms with Crippen LogP contribution in [-0.4, -0.2) is 19.8 Å². The number of hydrogen-bond donors (Lipinski definition) is 1. The Morgan fingerprint density at radius 1 is 1.04 bits per heavy atom. The molecule has 0 atom stereocenters. The fourth-order valence-corrected chi connectivity index (χ4v) is 3.19. The molecule has 1 aliphatic heterocycles. The molecule has 1 fully saturated rings. The fraction of sp³-hybridized carbons (Fsp3) is 0.316. The van der Waals surface area contributed by atoms with Crippen LogP contribution in [0.4, 0.5) is 5.69 Å². The summed E-state index contributed by atoms with van der Waals surface area (Å²) in [5.74, 6) is 0. The van der Waals surface area contributed by atoms with Gasteiger partial charge < -0.3 is 10.1 Å². The maximum atomic E-state index is 8.88. The number of nitrogens with zero attached hydrogens (tertiary/aromatic N) is 1. The third kappa shape index (κ3) is 3.67. The van der Waals surface area contributed by atoms with Crippen LogP contribution in [-0.2, 0) is 10.2 Å². The smallest absolute Gasteiger partial charge is 0.0991 e. The molecule has 3 nitrogen and oxygen atoms in total. The summed E-state index contributed by atoms with van der Waals surface area (Å²) in [5.41, 5.74) is 3.06. The van der Waals surface area contributed by atoms with E-state index in [4.69, 9.17) is 21.6 Å². The molecular weight excluding hydrogens is 308 g/mol. The normalized spacial score (nSPS) is 16.5. The second kappa shape index (κ2) is 7.04. The lowest BCUT2D eigenvalue weighted by molar-refractivity contribution is 0.0544. The van der Waals surface area contributed by atoms with Crippen molar-refractivity contribution in [2.45, 2.75) is 18.3 Å². The average molecular weight is 327 g/mol. The zero-order chi connectivity index (χ0) is 16.1. The van der Waals surface area contributed by atoms with Gasteiger partial charge in [0, 0.05) is 35.9 Å². The molecule has 0 amide bonds. The second-order valence-corrected chi connectivity index (χ2v) is 6.38. The Labute approximate surface area is 141 Å². The van der Waals surface area contributed by atoms with Crippen molar-refractivity contribution in [1.29, 1.82) is 5.26 Å². The Hall–Kier alpha value is -2.02. The first-order valence-corrected chi connectivity index (χ1v) is 8.17. The van der Waals surface area contributed by atoms with Gasteiger partial charge in [-0.3, -0.25) is 0 Å². The standard InChI is InChI=1S/C19H19ClN2O/c20-17-5-3-16(4-6-17)19(9-11-23-12-10-19)14-22-18-7-1-15(13-21)2-8-18/h1-8,22H,9-12,14H2. The van der Waals surface area contributed by atoms with Crippen LogP contribution in [0.3, 0.4) is 0 Å². The first-order valence-electron chi connectivity index (χ1n) is 7.80. The van der Waals surface area contributed by atoms with Crippen molar-refractivity contribution in [2.24, 2.45) is 0 Å². The van der Waals surface area contributed by atoms with Gasteiger partial charge in [-0.1, -0.05) is 23.7 Å². The van der Waals surface area contributed by atoms with Gasteiger partial charge in [0.15, 0.2) is 0 Å². The molecule has 1 N–H and O–H groups in total.